The molecule has 0 radical (unpaired) electrons. The van der Waals surface area contributed by atoms with Crippen LogP contribution in [0.2, 0.25) is 0 Å². The average molecular weight is 659 g/mol. The van der Waals surface area contributed by atoms with Crippen LogP contribution in [0.15, 0.2) is 164 Å². The molecule has 51 heavy (non-hydrogen) atoms. The van der Waals surface area contributed by atoms with Crippen LogP contribution in [-0.4, -0.2) is 0 Å². The Balaban J connectivity index is 0.000000296. The van der Waals surface area contributed by atoms with Crippen LogP contribution in [0, 0.1) is 6.92 Å². The number of anilines is 2. The molecule has 0 heterocycles. The fraction of sp³-hybridized carbons (Fsp3) is 0.102. The molecule has 0 aromatic heterocycles. The van der Waals surface area contributed by atoms with Crippen molar-refractivity contribution in [3.63, 3.8) is 0 Å². The molecule has 0 bridgehead atoms. The fourth-order valence-corrected chi connectivity index (χ4v) is 8.10. The van der Waals surface area contributed by atoms with Crippen molar-refractivity contribution in [3.8, 4) is 33.4 Å². The van der Waals surface area contributed by atoms with E-state index < -0.39 is 0 Å². The SMILES string of the molecule is CCC.Cc1ccc(-c2ccc3cc4c(cc3c2)C2(c3ccccc3-c3ccccc32)c2c-4ccc3ccccc23)cc1.Nc1ccccc1N. The number of hydrogen-bond donors (Lipinski definition) is 2. The van der Waals surface area contributed by atoms with E-state index in [-0.39, 0.29) is 5.41 Å². The van der Waals surface area contributed by atoms with Crippen molar-refractivity contribution < 1.29 is 0 Å². The maximum Gasteiger partial charge on any atom is 0.0731 e. The number of benzene rings is 8. The van der Waals surface area contributed by atoms with E-state index in [0.29, 0.717) is 11.4 Å². The zero-order valence-electron chi connectivity index (χ0n) is 29.5. The van der Waals surface area contributed by atoms with Crippen molar-refractivity contribution in [2.24, 2.45) is 0 Å². The topological polar surface area (TPSA) is 52.0 Å². The molecule has 0 unspecified atom stereocenters. The van der Waals surface area contributed by atoms with Crippen molar-refractivity contribution in [2.75, 3.05) is 11.5 Å². The molecular formula is C49H42N2. The molecule has 0 saturated heterocycles. The van der Waals surface area contributed by atoms with Crippen molar-refractivity contribution in [3.05, 3.63) is 192 Å². The van der Waals surface area contributed by atoms with Gasteiger partial charge in [0.1, 0.15) is 0 Å². The number of fused-ring (bicyclic) bond motifs is 13. The number of aryl methyl sites for hydroxylation is 1. The molecule has 0 atom stereocenters. The normalized spacial score (nSPS) is 12.6. The van der Waals surface area contributed by atoms with E-state index >= 15 is 0 Å². The van der Waals surface area contributed by atoms with Crippen LogP contribution < -0.4 is 11.5 Å². The zero-order chi connectivity index (χ0) is 35.1. The molecule has 2 aliphatic rings. The highest BCUT2D eigenvalue weighted by Gasteiger charge is 2.52. The Labute approximate surface area is 301 Å². The molecule has 2 aliphatic carbocycles. The third-order valence-electron chi connectivity index (χ3n) is 10.3. The second-order valence-electron chi connectivity index (χ2n) is 13.7. The van der Waals surface area contributed by atoms with Gasteiger partial charge in [0, 0.05) is 0 Å². The number of nitrogens with two attached hydrogens (primary N) is 2. The summed E-state index contributed by atoms with van der Waals surface area (Å²) in [6, 6.07) is 59.7. The second kappa shape index (κ2) is 13.0. The molecule has 2 heteroatoms. The van der Waals surface area contributed by atoms with Gasteiger partial charge in [-0.25, -0.2) is 0 Å². The largest absolute Gasteiger partial charge is 0.397 e. The van der Waals surface area contributed by atoms with Gasteiger partial charge >= 0.3 is 0 Å². The summed E-state index contributed by atoms with van der Waals surface area (Å²) in [6.07, 6.45) is 1.25. The lowest BCUT2D eigenvalue weighted by molar-refractivity contribution is 0.802. The predicted molar refractivity (Wildman–Crippen MR) is 219 cm³/mol. The van der Waals surface area contributed by atoms with Gasteiger partial charge in [-0.05, 0) is 114 Å². The number of para-hydroxylation sites is 2. The molecule has 0 saturated carbocycles. The number of rotatable bonds is 1. The van der Waals surface area contributed by atoms with Crippen LogP contribution in [0.25, 0.3) is 54.9 Å². The highest BCUT2D eigenvalue weighted by atomic mass is 14.7. The van der Waals surface area contributed by atoms with Crippen LogP contribution in [-0.2, 0) is 5.41 Å². The molecule has 1 spiro atoms. The smallest absolute Gasteiger partial charge is 0.0731 e. The van der Waals surface area contributed by atoms with E-state index in [4.69, 9.17) is 11.5 Å². The third-order valence-corrected chi connectivity index (χ3v) is 10.3. The van der Waals surface area contributed by atoms with Crippen LogP contribution in [0.3, 0.4) is 0 Å². The van der Waals surface area contributed by atoms with Crippen LogP contribution >= 0.6 is 0 Å². The predicted octanol–water partition coefficient (Wildman–Crippen LogP) is 12.6. The van der Waals surface area contributed by atoms with Gasteiger partial charge in [-0.3, -0.25) is 0 Å². The maximum atomic E-state index is 5.39. The Morgan fingerprint density at radius 2 is 0.980 bits per heavy atom. The first-order valence-electron chi connectivity index (χ1n) is 17.9. The minimum absolute atomic E-state index is 0.354. The van der Waals surface area contributed by atoms with Gasteiger partial charge in [0.25, 0.3) is 0 Å². The molecule has 8 aromatic rings. The monoisotopic (exact) mass is 658 g/mol. The standard InChI is InChI=1S/C40H26.C6H8N2.C3H8/c1-25-14-16-26(17-15-25)28-18-19-29-23-35-34-21-20-27-8-2-3-9-31(27)39(34)40(38(35)24-30(29)22-28)36-12-6-4-10-32(36)33-11-5-7-13-37(33)40;7-5-3-1-2-4-6(5)8;1-3-2/h2-24H,1H3;1-4H,7-8H2;3H2,1-2H3. The van der Waals surface area contributed by atoms with Crippen LogP contribution in [0.1, 0.15) is 48.1 Å². The highest BCUT2D eigenvalue weighted by molar-refractivity contribution is 6.06. The molecule has 0 amide bonds. The summed E-state index contributed by atoms with van der Waals surface area (Å²) in [4.78, 5) is 0. The average Bonchev–Trinajstić information content (AvgIpc) is 3.63. The van der Waals surface area contributed by atoms with E-state index in [1.165, 1.54) is 89.2 Å². The summed E-state index contributed by atoms with van der Waals surface area (Å²) in [5.74, 6) is 0. The summed E-state index contributed by atoms with van der Waals surface area (Å²) < 4.78 is 0. The number of nitrogen functional groups attached to an aromatic ring is 2. The van der Waals surface area contributed by atoms with Crippen molar-refractivity contribution in [1.29, 1.82) is 0 Å². The molecular weight excluding hydrogens is 617 g/mol. The molecule has 10 rings (SSSR count). The molecule has 2 nitrogen and oxygen atoms in total. The molecule has 0 fully saturated rings. The second-order valence-corrected chi connectivity index (χ2v) is 13.7. The van der Waals surface area contributed by atoms with E-state index in [0.717, 1.165) is 0 Å². The summed E-state index contributed by atoms with van der Waals surface area (Å²) in [5.41, 5.74) is 26.5. The lowest BCUT2D eigenvalue weighted by Gasteiger charge is -2.31. The minimum Gasteiger partial charge on any atom is -0.397 e. The molecule has 248 valence electrons. The molecule has 8 aromatic carbocycles. The van der Waals surface area contributed by atoms with Gasteiger partial charge in [-0.2, -0.15) is 0 Å². The first-order chi connectivity index (χ1) is 24.9. The minimum atomic E-state index is -0.354. The van der Waals surface area contributed by atoms with Gasteiger partial charge in [0.05, 0.1) is 16.8 Å². The quantitative estimate of drug-likeness (QED) is 0.172. The lowest BCUT2D eigenvalue weighted by atomic mass is 9.69. The molecule has 0 aliphatic heterocycles. The summed E-state index contributed by atoms with van der Waals surface area (Å²) in [6.45, 7) is 6.39. The van der Waals surface area contributed by atoms with E-state index in [1.807, 2.05) is 12.1 Å². The fourth-order valence-electron chi connectivity index (χ4n) is 8.10. The number of hydrogen-bond acceptors (Lipinski definition) is 2. The van der Waals surface area contributed by atoms with Crippen molar-refractivity contribution in [1.82, 2.24) is 0 Å². The zero-order valence-corrected chi connectivity index (χ0v) is 29.5. The van der Waals surface area contributed by atoms with E-state index in [9.17, 15) is 0 Å². The lowest BCUT2D eigenvalue weighted by Crippen LogP contribution is -2.26. The van der Waals surface area contributed by atoms with Gasteiger partial charge in [-0.15, -0.1) is 0 Å². The van der Waals surface area contributed by atoms with E-state index in [2.05, 4.69) is 160 Å². The summed E-state index contributed by atoms with van der Waals surface area (Å²) in [5, 5.41) is 5.20. The van der Waals surface area contributed by atoms with Crippen molar-refractivity contribution >= 4 is 32.9 Å². The highest BCUT2D eigenvalue weighted by Crippen LogP contribution is 2.64. The van der Waals surface area contributed by atoms with Crippen LogP contribution in [0.4, 0.5) is 11.4 Å². The summed E-state index contributed by atoms with van der Waals surface area (Å²) >= 11 is 0. The third kappa shape index (κ3) is 5.18. The van der Waals surface area contributed by atoms with Gasteiger partial charge < -0.3 is 11.5 Å². The Morgan fingerprint density at radius 3 is 1.63 bits per heavy atom. The van der Waals surface area contributed by atoms with Gasteiger partial charge in [0.2, 0.25) is 0 Å². The first kappa shape index (κ1) is 32.1. The Morgan fingerprint density at radius 1 is 0.431 bits per heavy atom. The summed E-state index contributed by atoms with van der Waals surface area (Å²) in [7, 11) is 0. The maximum absolute atomic E-state index is 5.39. The van der Waals surface area contributed by atoms with Gasteiger partial charge in [-0.1, -0.05) is 159 Å². The van der Waals surface area contributed by atoms with E-state index in [1.54, 1.807) is 12.1 Å². The van der Waals surface area contributed by atoms with Crippen LogP contribution in [0.5, 0.6) is 0 Å². The Bertz CT molecular complexity index is 2490. The Kier molecular flexibility index (Phi) is 8.16. The molecule has 4 N–H and O–H groups in total. The Hall–Kier alpha value is -6.12. The van der Waals surface area contributed by atoms with Gasteiger partial charge in [0.15, 0.2) is 0 Å². The van der Waals surface area contributed by atoms with Crippen molar-refractivity contribution in [2.45, 2.75) is 32.6 Å². The first-order valence-corrected chi connectivity index (χ1v) is 17.9.